The van der Waals surface area contributed by atoms with Crippen LogP contribution in [-0.2, 0) is 6.54 Å². The minimum atomic E-state index is 0. The van der Waals surface area contributed by atoms with Crippen LogP contribution in [0.3, 0.4) is 0 Å². The number of nitrogens with one attached hydrogen (secondary N) is 1. The van der Waals surface area contributed by atoms with Crippen molar-refractivity contribution in [2.45, 2.75) is 57.3 Å². The fourth-order valence-corrected chi connectivity index (χ4v) is 3.25. The standard InChI is InChI=1S/C13H21N3O.ClH/c1-9-5-13(17-15-9)8-16(2)12-6-10-3-4-11(7-12)14-10;/h5,10-12,14H,3-4,6-8H2,1-2H3;1H. The molecule has 2 saturated heterocycles. The predicted molar refractivity (Wildman–Crippen MR) is 72.9 cm³/mol. The third kappa shape index (κ3) is 2.87. The zero-order valence-corrected chi connectivity index (χ0v) is 11.9. The topological polar surface area (TPSA) is 41.3 Å². The van der Waals surface area contributed by atoms with Crippen molar-refractivity contribution >= 4 is 12.4 Å². The third-order valence-corrected chi connectivity index (χ3v) is 4.15. The number of hydrogen-bond donors (Lipinski definition) is 1. The maximum Gasteiger partial charge on any atom is 0.150 e. The van der Waals surface area contributed by atoms with E-state index < -0.39 is 0 Å². The van der Waals surface area contributed by atoms with Gasteiger partial charge in [-0.25, -0.2) is 0 Å². The van der Waals surface area contributed by atoms with Crippen LogP contribution in [0.5, 0.6) is 0 Å². The Hall–Kier alpha value is -0.580. The van der Waals surface area contributed by atoms with Gasteiger partial charge >= 0.3 is 0 Å². The SMILES string of the molecule is Cc1cc(CN(C)C2CC3CCC(C2)N3)on1.Cl. The van der Waals surface area contributed by atoms with Crippen LogP contribution in [0.1, 0.15) is 37.1 Å². The molecule has 2 bridgehead atoms. The lowest BCUT2D eigenvalue weighted by atomic mass is 9.98. The highest BCUT2D eigenvalue weighted by atomic mass is 35.5. The van der Waals surface area contributed by atoms with Gasteiger partial charge in [-0.05, 0) is 39.7 Å². The summed E-state index contributed by atoms with van der Waals surface area (Å²) < 4.78 is 5.29. The van der Waals surface area contributed by atoms with Crippen molar-refractivity contribution in [1.29, 1.82) is 0 Å². The lowest BCUT2D eigenvalue weighted by molar-refractivity contribution is 0.152. The Morgan fingerprint density at radius 3 is 2.61 bits per heavy atom. The van der Waals surface area contributed by atoms with Crippen molar-refractivity contribution in [2.75, 3.05) is 7.05 Å². The number of halogens is 1. The normalized spacial score (nSPS) is 30.5. The molecule has 1 aromatic rings. The second-order valence-electron chi connectivity index (χ2n) is 5.61. The zero-order chi connectivity index (χ0) is 11.8. The molecule has 102 valence electrons. The van der Waals surface area contributed by atoms with Gasteiger partial charge in [-0.1, -0.05) is 5.16 Å². The lowest BCUT2D eigenvalue weighted by Gasteiger charge is -2.35. The first-order chi connectivity index (χ1) is 8.20. The molecule has 1 N–H and O–H groups in total. The van der Waals surface area contributed by atoms with E-state index in [0.29, 0.717) is 6.04 Å². The van der Waals surface area contributed by atoms with Gasteiger partial charge in [0, 0.05) is 24.2 Å². The van der Waals surface area contributed by atoms with Crippen LogP contribution >= 0.6 is 12.4 Å². The molecule has 18 heavy (non-hydrogen) atoms. The van der Waals surface area contributed by atoms with Crippen LogP contribution in [0, 0.1) is 6.92 Å². The van der Waals surface area contributed by atoms with E-state index in [-0.39, 0.29) is 12.4 Å². The zero-order valence-electron chi connectivity index (χ0n) is 11.1. The molecule has 5 heteroatoms. The molecule has 1 aromatic heterocycles. The summed E-state index contributed by atoms with van der Waals surface area (Å²) in [6.45, 7) is 2.85. The number of rotatable bonds is 3. The number of fused-ring (bicyclic) bond motifs is 2. The second-order valence-corrected chi connectivity index (χ2v) is 5.61. The van der Waals surface area contributed by atoms with Crippen molar-refractivity contribution in [1.82, 2.24) is 15.4 Å². The summed E-state index contributed by atoms with van der Waals surface area (Å²) in [6.07, 6.45) is 5.27. The van der Waals surface area contributed by atoms with Gasteiger partial charge in [0.25, 0.3) is 0 Å². The Morgan fingerprint density at radius 2 is 2.06 bits per heavy atom. The summed E-state index contributed by atoms with van der Waals surface area (Å²) in [5.74, 6) is 0.982. The highest BCUT2D eigenvalue weighted by Crippen LogP contribution is 2.29. The Morgan fingerprint density at radius 1 is 1.39 bits per heavy atom. The number of aryl methyl sites for hydroxylation is 1. The van der Waals surface area contributed by atoms with E-state index in [0.717, 1.165) is 30.1 Å². The Kier molecular flexibility index (Phi) is 4.30. The first kappa shape index (κ1) is 13.8. The average molecular weight is 272 g/mol. The monoisotopic (exact) mass is 271 g/mol. The molecule has 0 spiro atoms. The highest BCUT2D eigenvalue weighted by Gasteiger charge is 2.35. The van der Waals surface area contributed by atoms with Crippen LogP contribution in [0.2, 0.25) is 0 Å². The molecule has 0 saturated carbocycles. The van der Waals surface area contributed by atoms with Gasteiger partial charge in [-0.3, -0.25) is 4.90 Å². The van der Waals surface area contributed by atoms with Gasteiger partial charge in [0.1, 0.15) is 0 Å². The average Bonchev–Trinajstić information content (AvgIpc) is 2.85. The van der Waals surface area contributed by atoms with Crippen molar-refractivity contribution in [2.24, 2.45) is 0 Å². The smallest absolute Gasteiger partial charge is 0.150 e. The Balaban J connectivity index is 0.00000120. The predicted octanol–water partition coefficient (Wildman–Crippen LogP) is 2.12. The minimum Gasteiger partial charge on any atom is -0.360 e. The maximum atomic E-state index is 5.29. The molecule has 2 fully saturated rings. The van der Waals surface area contributed by atoms with Crippen molar-refractivity contribution < 1.29 is 4.52 Å². The van der Waals surface area contributed by atoms with E-state index in [2.05, 4.69) is 22.4 Å². The van der Waals surface area contributed by atoms with E-state index in [1.54, 1.807) is 0 Å². The fourth-order valence-electron chi connectivity index (χ4n) is 3.25. The van der Waals surface area contributed by atoms with Gasteiger partial charge in [0.15, 0.2) is 5.76 Å². The van der Waals surface area contributed by atoms with Gasteiger partial charge in [0.2, 0.25) is 0 Å². The first-order valence-electron chi connectivity index (χ1n) is 6.59. The number of piperidine rings is 1. The molecule has 2 unspecified atom stereocenters. The van der Waals surface area contributed by atoms with E-state index in [9.17, 15) is 0 Å². The molecule has 3 rings (SSSR count). The molecule has 0 aliphatic carbocycles. The largest absolute Gasteiger partial charge is 0.360 e. The van der Waals surface area contributed by atoms with E-state index in [1.807, 2.05) is 13.0 Å². The molecular weight excluding hydrogens is 250 g/mol. The first-order valence-corrected chi connectivity index (χ1v) is 6.59. The summed E-state index contributed by atoms with van der Waals surface area (Å²) >= 11 is 0. The van der Waals surface area contributed by atoms with Crippen LogP contribution in [-0.4, -0.2) is 35.2 Å². The van der Waals surface area contributed by atoms with Gasteiger partial charge in [-0.2, -0.15) is 0 Å². The summed E-state index contributed by atoms with van der Waals surface area (Å²) in [6, 6.07) is 4.22. The summed E-state index contributed by atoms with van der Waals surface area (Å²) in [4.78, 5) is 2.42. The molecule has 3 heterocycles. The number of nitrogens with zero attached hydrogens (tertiary/aromatic N) is 2. The Bertz CT molecular complexity index is 383. The lowest BCUT2D eigenvalue weighted by Crippen LogP contribution is -2.46. The molecule has 4 nitrogen and oxygen atoms in total. The van der Waals surface area contributed by atoms with E-state index in [4.69, 9.17) is 4.52 Å². The minimum absolute atomic E-state index is 0. The summed E-state index contributed by atoms with van der Waals surface area (Å²) in [5.41, 5.74) is 0.971. The summed E-state index contributed by atoms with van der Waals surface area (Å²) in [7, 11) is 2.20. The van der Waals surface area contributed by atoms with Crippen LogP contribution in [0.15, 0.2) is 10.6 Å². The molecule has 2 atom stereocenters. The quantitative estimate of drug-likeness (QED) is 0.914. The molecule has 2 aliphatic heterocycles. The molecule has 0 aromatic carbocycles. The van der Waals surface area contributed by atoms with E-state index >= 15 is 0 Å². The number of hydrogen-bond acceptors (Lipinski definition) is 4. The van der Waals surface area contributed by atoms with Gasteiger partial charge < -0.3 is 9.84 Å². The van der Waals surface area contributed by atoms with E-state index in [1.165, 1.54) is 25.7 Å². The molecule has 2 aliphatic rings. The van der Waals surface area contributed by atoms with Crippen molar-refractivity contribution in [3.05, 3.63) is 17.5 Å². The van der Waals surface area contributed by atoms with Crippen LogP contribution < -0.4 is 5.32 Å². The summed E-state index contributed by atoms with van der Waals surface area (Å²) in [5, 5.41) is 7.62. The van der Waals surface area contributed by atoms with Crippen LogP contribution in [0.4, 0.5) is 0 Å². The third-order valence-electron chi connectivity index (χ3n) is 4.15. The number of aromatic nitrogens is 1. The van der Waals surface area contributed by atoms with Crippen LogP contribution in [0.25, 0.3) is 0 Å². The molecule has 0 radical (unpaired) electrons. The Labute approximate surface area is 114 Å². The van der Waals surface area contributed by atoms with Crippen molar-refractivity contribution in [3.63, 3.8) is 0 Å². The molecule has 0 amide bonds. The highest BCUT2D eigenvalue weighted by molar-refractivity contribution is 5.85. The second kappa shape index (κ2) is 5.59. The molecular formula is C13H22ClN3O. The fraction of sp³-hybridized carbons (Fsp3) is 0.769. The maximum absolute atomic E-state index is 5.29. The van der Waals surface area contributed by atoms with Gasteiger partial charge in [-0.15, -0.1) is 12.4 Å². The van der Waals surface area contributed by atoms with Crippen molar-refractivity contribution in [3.8, 4) is 0 Å². The van der Waals surface area contributed by atoms with Gasteiger partial charge in [0.05, 0.1) is 12.2 Å².